The highest BCUT2D eigenvalue weighted by Gasteiger charge is 2.23. The van der Waals surface area contributed by atoms with Gasteiger partial charge in [-0.1, -0.05) is 0 Å². The Morgan fingerprint density at radius 1 is 1.70 bits per heavy atom. The van der Waals surface area contributed by atoms with Crippen molar-refractivity contribution in [1.82, 2.24) is 5.32 Å². The largest absolute Gasteiger partial charge is 0.391 e. The molecule has 0 rings (SSSR count). The van der Waals surface area contributed by atoms with Gasteiger partial charge in [0.1, 0.15) is 0 Å². The predicted octanol–water partition coefficient (Wildman–Crippen LogP) is -0.0210. The zero-order valence-corrected chi connectivity index (χ0v) is 7.33. The summed E-state index contributed by atoms with van der Waals surface area (Å²) in [4.78, 5) is 0. The number of hydrogen-bond donors (Lipinski definition) is 3. The Morgan fingerprint density at radius 2 is 2.10 bits per heavy atom. The molecule has 4 heteroatoms. The first-order chi connectivity index (χ1) is 4.36. The molecule has 0 saturated carbocycles. The fraction of sp³-hybridized carbons (Fsp3) is 0.833. The molecule has 4 N–H and O–H groups in total. The molecule has 0 aliphatic carbocycles. The first kappa shape index (κ1) is 9.65. The van der Waals surface area contributed by atoms with Gasteiger partial charge in [0.05, 0.1) is 11.6 Å². The van der Waals surface area contributed by atoms with Crippen LogP contribution in [0.25, 0.3) is 0 Å². The van der Waals surface area contributed by atoms with Crippen molar-refractivity contribution in [3.63, 3.8) is 0 Å². The van der Waals surface area contributed by atoms with Crippen LogP contribution in [0, 0.1) is 0 Å². The lowest BCUT2D eigenvalue weighted by Crippen LogP contribution is -2.52. The van der Waals surface area contributed by atoms with E-state index in [-0.39, 0.29) is 5.11 Å². The topological polar surface area (TPSA) is 58.3 Å². The molecule has 0 bridgehead atoms. The van der Waals surface area contributed by atoms with Gasteiger partial charge in [-0.2, -0.15) is 0 Å². The monoisotopic (exact) mass is 162 g/mol. The zero-order chi connectivity index (χ0) is 8.36. The second-order valence-corrected chi connectivity index (χ2v) is 3.33. The van der Waals surface area contributed by atoms with E-state index < -0.39 is 11.6 Å². The number of nitrogens with one attached hydrogen (secondary N) is 1. The average molecular weight is 162 g/mol. The van der Waals surface area contributed by atoms with Crippen molar-refractivity contribution in [2.75, 3.05) is 0 Å². The second-order valence-electron chi connectivity index (χ2n) is 2.89. The first-order valence-electron chi connectivity index (χ1n) is 3.12. The average Bonchev–Trinajstić information content (AvgIpc) is 1.60. The number of aliphatic hydroxyl groups is 1. The number of aliphatic hydroxyl groups excluding tert-OH is 1. The van der Waals surface area contributed by atoms with E-state index in [1.807, 2.05) is 13.8 Å². The van der Waals surface area contributed by atoms with Crippen LogP contribution in [0.1, 0.15) is 20.8 Å². The minimum atomic E-state index is -0.478. The minimum Gasteiger partial charge on any atom is -0.391 e. The smallest absolute Gasteiger partial charge is 0.164 e. The number of nitrogens with two attached hydrogens (primary N) is 1. The Labute approximate surface area is 66.6 Å². The summed E-state index contributed by atoms with van der Waals surface area (Å²) >= 11 is 4.62. The maximum Gasteiger partial charge on any atom is 0.164 e. The van der Waals surface area contributed by atoms with Crippen molar-refractivity contribution >= 4 is 17.3 Å². The van der Waals surface area contributed by atoms with Gasteiger partial charge < -0.3 is 16.2 Å². The quantitative estimate of drug-likeness (QED) is 0.499. The molecule has 10 heavy (non-hydrogen) atoms. The van der Waals surface area contributed by atoms with E-state index in [1.54, 1.807) is 6.92 Å². The Balaban J connectivity index is 3.99. The van der Waals surface area contributed by atoms with E-state index in [1.165, 1.54) is 0 Å². The third-order valence-corrected chi connectivity index (χ3v) is 1.59. The molecule has 1 unspecified atom stereocenters. The third kappa shape index (κ3) is 2.98. The van der Waals surface area contributed by atoms with Gasteiger partial charge in [-0.05, 0) is 33.0 Å². The lowest BCUT2D eigenvalue weighted by atomic mass is 9.99. The summed E-state index contributed by atoms with van der Waals surface area (Å²) in [6, 6.07) is 0. The second kappa shape index (κ2) is 3.16. The number of hydrogen-bond acceptors (Lipinski definition) is 2. The lowest BCUT2D eigenvalue weighted by molar-refractivity contribution is 0.110. The standard InChI is InChI=1S/C6H14N2OS/c1-4(9)6(2,3)8-5(7)10/h4,9H,1-3H3,(H3,7,8,10). The van der Waals surface area contributed by atoms with Crippen molar-refractivity contribution in [1.29, 1.82) is 0 Å². The normalized spacial score (nSPS) is 14.4. The van der Waals surface area contributed by atoms with Crippen LogP contribution in [0.5, 0.6) is 0 Å². The molecule has 60 valence electrons. The maximum atomic E-state index is 9.15. The minimum absolute atomic E-state index is 0.214. The van der Waals surface area contributed by atoms with Crippen LogP contribution >= 0.6 is 12.2 Å². The lowest BCUT2D eigenvalue weighted by Gasteiger charge is -2.29. The highest BCUT2D eigenvalue weighted by atomic mass is 32.1. The molecule has 0 aromatic rings. The van der Waals surface area contributed by atoms with Crippen molar-refractivity contribution < 1.29 is 5.11 Å². The third-order valence-electron chi connectivity index (χ3n) is 1.49. The Morgan fingerprint density at radius 3 is 2.20 bits per heavy atom. The van der Waals surface area contributed by atoms with Crippen molar-refractivity contribution in [2.24, 2.45) is 5.73 Å². The van der Waals surface area contributed by atoms with Crippen LogP contribution in [0.3, 0.4) is 0 Å². The van der Waals surface area contributed by atoms with E-state index in [0.717, 1.165) is 0 Å². The predicted molar refractivity (Wildman–Crippen MR) is 45.7 cm³/mol. The molecule has 0 aromatic heterocycles. The van der Waals surface area contributed by atoms with Gasteiger partial charge in [0.25, 0.3) is 0 Å². The summed E-state index contributed by atoms with van der Waals surface area (Å²) < 4.78 is 0. The van der Waals surface area contributed by atoms with E-state index in [4.69, 9.17) is 10.8 Å². The van der Waals surface area contributed by atoms with E-state index in [9.17, 15) is 0 Å². The summed E-state index contributed by atoms with van der Waals surface area (Å²) in [6.45, 7) is 5.35. The molecule has 3 nitrogen and oxygen atoms in total. The van der Waals surface area contributed by atoms with E-state index >= 15 is 0 Å². The summed E-state index contributed by atoms with van der Waals surface area (Å²) in [5, 5.41) is 12.1. The molecule has 0 heterocycles. The van der Waals surface area contributed by atoms with Crippen molar-refractivity contribution in [3.8, 4) is 0 Å². The van der Waals surface area contributed by atoms with Crippen molar-refractivity contribution in [3.05, 3.63) is 0 Å². The fourth-order valence-electron chi connectivity index (χ4n) is 0.422. The Bertz CT molecular complexity index is 134. The van der Waals surface area contributed by atoms with Crippen LogP contribution in [0.15, 0.2) is 0 Å². The van der Waals surface area contributed by atoms with Gasteiger partial charge in [-0.3, -0.25) is 0 Å². The van der Waals surface area contributed by atoms with Gasteiger partial charge in [-0.25, -0.2) is 0 Å². The van der Waals surface area contributed by atoms with Gasteiger partial charge in [0, 0.05) is 0 Å². The molecular weight excluding hydrogens is 148 g/mol. The molecule has 0 amide bonds. The highest BCUT2D eigenvalue weighted by molar-refractivity contribution is 7.80. The summed E-state index contributed by atoms with van der Waals surface area (Å²) in [6.07, 6.45) is -0.478. The molecule has 0 saturated heterocycles. The van der Waals surface area contributed by atoms with E-state index in [0.29, 0.717) is 0 Å². The molecule has 0 radical (unpaired) electrons. The van der Waals surface area contributed by atoms with Gasteiger partial charge in [0.2, 0.25) is 0 Å². The van der Waals surface area contributed by atoms with Crippen LogP contribution in [-0.2, 0) is 0 Å². The van der Waals surface area contributed by atoms with Gasteiger partial charge in [-0.15, -0.1) is 0 Å². The van der Waals surface area contributed by atoms with Crippen LogP contribution in [0.2, 0.25) is 0 Å². The van der Waals surface area contributed by atoms with Crippen LogP contribution in [-0.4, -0.2) is 21.9 Å². The molecule has 0 aliphatic heterocycles. The SMILES string of the molecule is CC(O)C(C)(C)NC(N)=S. The van der Waals surface area contributed by atoms with E-state index in [2.05, 4.69) is 17.5 Å². The molecule has 1 atom stereocenters. The molecule has 0 aromatic carbocycles. The molecular formula is C6H14N2OS. The Hall–Kier alpha value is -0.350. The summed E-state index contributed by atoms with van der Waals surface area (Å²) in [5.74, 6) is 0. The molecule has 0 fully saturated rings. The number of rotatable bonds is 2. The highest BCUT2D eigenvalue weighted by Crippen LogP contribution is 2.06. The first-order valence-corrected chi connectivity index (χ1v) is 3.53. The Kier molecular flexibility index (Phi) is 3.05. The van der Waals surface area contributed by atoms with Crippen molar-refractivity contribution in [2.45, 2.75) is 32.4 Å². The van der Waals surface area contributed by atoms with Gasteiger partial charge >= 0.3 is 0 Å². The van der Waals surface area contributed by atoms with Crippen LogP contribution in [0.4, 0.5) is 0 Å². The van der Waals surface area contributed by atoms with Crippen LogP contribution < -0.4 is 11.1 Å². The molecule has 0 aliphatic rings. The fourth-order valence-corrected chi connectivity index (χ4v) is 0.685. The maximum absolute atomic E-state index is 9.15. The number of thiocarbonyl (C=S) groups is 1. The summed E-state index contributed by atoms with van der Waals surface area (Å²) in [7, 11) is 0. The molecule has 0 spiro atoms. The zero-order valence-electron chi connectivity index (χ0n) is 6.51. The van der Waals surface area contributed by atoms with Gasteiger partial charge in [0.15, 0.2) is 5.11 Å². The summed E-state index contributed by atoms with van der Waals surface area (Å²) in [5.41, 5.74) is 4.79.